The topological polar surface area (TPSA) is 8.17 Å². The predicted molar refractivity (Wildman–Crippen MR) is 198 cm³/mol. The van der Waals surface area contributed by atoms with Crippen molar-refractivity contribution in [1.29, 1.82) is 0 Å². The molecule has 2 nitrogen and oxygen atoms in total. The van der Waals surface area contributed by atoms with Crippen molar-refractivity contribution in [3.05, 3.63) is 181 Å². The molecule has 8 aromatic rings. The van der Waals surface area contributed by atoms with Crippen molar-refractivity contribution in [3.8, 4) is 27.9 Å². The van der Waals surface area contributed by atoms with Gasteiger partial charge in [-0.15, -0.1) is 0 Å². The zero-order chi connectivity index (χ0) is 31.5. The maximum atomic E-state index is 2.38. The third-order valence-corrected chi connectivity index (χ3v) is 9.99. The lowest BCUT2D eigenvalue weighted by atomic mass is 9.82. The van der Waals surface area contributed by atoms with Gasteiger partial charge in [-0.05, 0) is 94.0 Å². The van der Waals surface area contributed by atoms with E-state index in [1.165, 1.54) is 60.9 Å². The fourth-order valence-corrected chi connectivity index (χ4v) is 7.68. The fraction of sp³-hybridized carbons (Fsp3) is 0.0667. The molecular formula is C45H34N2. The second-order valence-corrected chi connectivity index (χ2v) is 13.0. The Morgan fingerprint density at radius 3 is 1.83 bits per heavy atom. The zero-order valence-corrected chi connectivity index (χ0v) is 26.6. The van der Waals surface area contributed by atoms with Crippen molar-refractivity contribution in [1.82, 2.24) is 4.57 Å². The Kier molecular flexibility index (Phi) is 6.20. The Bertz CT molecular complexity index is 2420. The first-order chi connectivity index (χ1) is 23.1. The third kappa shape index (κ3) is 4.33. The summed E-state index contributed by atoms with van der Waals surface area (Å²) in [6, 6.07) is 61.8. The number of para-hydroxylation sites is 3. The minimum absolute atomic E-state index is 0.0169. The fourth-order valence-electron chi connectivity index (χ4n) is 7.68. The van der Waals surface area contributed by atoms with Gasteiger partial charge >= 0.3 is 0 Å². The van der Waals surface area contributed by atoms with Gasteiger partial charge in [-0.1, -0.05) is 123 Å². The smallest absolute Gasteiger partial charge is 0.0547 e. The number of rotatable bonds is 5. The number of hydrogen-bond acceptors (Lipinski definition) is 1. The monoisotopic (exact) mass is 602 g/mol. The molecule has 9 rings (SSSR count). The molecule has 224 valence electrons. The highest BCUT2D eigenvalue weighted by atomic mass is 15.1. The summed E-state index contributed by atoms with van der Waals surface area (Å²) in [4.78, 5) is 2.37. The zero-order valence-electron chi connectivity index (χ0n) is 26.6. The van der Waals surface area contributed by atoms with Crippen molar-refractivity contribution in [2.45, 2.75) is 19.3 Å². The van der Waals surface area contributed by atoms with Gasteiger partial charge in [-0.25, -0.2) is 0 Å². The Morgan fingerprint density at radius 2 is 1.02 bits per heavy atom. The van der Waals surface area contributed by atoms with Gasteiger partial charge in [0.05, 0.1) is 11.0 Å². The summed E-state index contributed by atoms with van der Waals surface area (Å²) in [5.41, 5.74) is 14.8. The number of anilines is 3. The van der Waals surface area contributed by atoms with Crippen molar-refractivity contribution in [2.75, 3.05) is 4.90 Å². The average Bonchev–Trinajstić information content (AvgIpc) is 3.57. The van der Waals surface area contributed by atoms with Crippen LogP contribution < -0.4 is 4.90 Å². The summed E-state index contributed by atoms with van der Waals surface area (Å²) in [5.74, 6) is 0. The lowest BCUT2D eigenvalue weighted by Gasteiger charge is -2.27. The third-order valence-electron chi connectivity index (χ3n) is 9.99. The minimum atomic E-state index is -0.0169. The summed E-state index contributed by atoms with van der Waals surface area (Å²) in [6.07, 6.45) is 0. The number of fused-ring (bicyclic) bond motifs is 6. The van der Waals surface area contributed by atoms with E-state index in [1.54, 1.807) is 0 Å². The summed E-state index contributed by atoms with van der Waals surface area (Å²) in [6.45, 7) is 4.67. The number of nitrogens with zero attached hydrogens (tertiary/aromatic N) is 2. The number of benzene rings is 7. The van der Waals surface area contributed by atoms with Crippen LogP contribution in [0.4, 0.5) is 17.1 Å². The van der Waals surface area contributed by atoms with Crippen LogP contribution in [0.5, 0.6) is 0 Å². The van der Waals surface area contributed by atoms with Crippen LogP contribution in [0.25, 0.3) is 49.7 Å². The van der Waals surface area contributed by atoms with E-state index >= 15 is 0 Å². The van der Waals surface area contributed by atoms with E-state index in [4.69, 9.17) is 0 Å². The van der Waals surface area contributed by atoms with E-state index in [2.05, 4.69) is 193 Å². The molecule has 47 heavy (non-hydrogen) atoms. The Balaban J connectivity index is 1.15. The average molecular weight is 603 g/mol. The quantitative estimate of drug-likeness (QED) is 0.190. The molecule has 0 atom stereocenters. The van der Waals surface area contributed by atoms with E-state index in [0.717, 1.165) is 17.1 Å². The first-order valence-corrected chi connectivity index (χ1v) is 16.4. The van der Waals surface area contributed by atoms with Crippen LogP contribution in [-0.2, 0) is 5.41 Å². The molecule has 0 fully saturated rings. The van der Waals surface area contributed by atoms with E-state index in [0.29, 0.717) is 0 Å². The lowest BCUT2D eigenvalue weighted by molar-refractivity contribution is 0.660. The van der Waals surface area contributed by atoms with Crippen LogP contribution in [-0.4, -0.2) is 4.57 Å². The molecule has 7 aromatic carbocycles. The molecule has 0 bridgehead atoms. The van der Waals surface area contributed by atoms with Gasteiger partial charge < -0.3 is 9.47 Å². The molecular weight excluding hydrogens is 569 g/mol. The van der Waals surface area contributed by atoms with Crippen LogP contribution in [0.2, 0.25) is 0 Å². The van der Waals surface area contributed by atoms with Crippen molar-refractivity contribution < 1.29 is 0 Å². The first-order valence-electron chi connectivity index (χ1n) is 16.4. The van der Waals surface area contributed by atoms with Gasteiger partial charge in [0.25, 0.3) is 0 Å². The molecule has 0 spiro atoms. The standard InChI is InChI=1S/C45H34N2/c1-45(2)41-19-11-9-17-37(41)40-30-36(26-28-42(40)45)46(33-13-5-3-6-14-33)35-24-21-31(22-25-35)32-23-27-39-38-18-10-12-20-43(38)47(44(39)29-32)34-15-7-4-8-16-34/h3-30H,1-2H3. The number of hydrogen-bond donors (Lipinski definition) is 0. The molecule has 1 aliphatic rings. The van der Waals surface area contributed by atoms with Crippen molar-refractivity contribution >= 4 is 38.9 Å². The van der Waals surface area contributed by atoms with Gasteiger partial charge in [0.15, 0.2) is 0 Å². The van der Waals surface area contributed by atoms with Crippen molar-refractivity contribution in [3.63, 3.8) is 0 Å². The SMILES string of the molecule is CC1(C)c2ccccc2-c2cc(N(c3ccccc3)c3ccc(-c4ccc5c6ccccc6n(-c6ccccc6)c5c4)cc3)ccc21. The second kappa shape index (κ2) is 10.6. The molecule has 0 N–H and O–H groups in total. The molecule has 0 saturated carbocycles. The normalized spacial score (nSPS) is 13.1. The van der Waals surface area contributed by atoms with E-state index in [9.17, 15) is 0 Å². The van der Waals surface area contributed by atoms with E-state index < -0.39 is 0 Å². The van der Waals surface area contributed by atoms with Crippen LogP contribution in [0, 0.1) is 0 Å². The second-order valence-electron chi connectivity index (χ2n) is 13.0. The van der Waals surface area contributed by atoms with Crippen LogP contribution in [0.1, 0.15) is 25.0 Å². The molecule has 0 saturated heterocycles. The van der Waals surface area contributed by atoms with Gasteiger partial charge in [0.1, 0.15) is 0 Å². The predicted octanol–water partition coefficient (Wildman–Crippen LogP) is 12.2. The van der Waals surface area contributed by atoms with Gasteiger partial charge in [0, 0.05) is 38.9 Å². The highest BCUT2D eigenvalue weighted by Gasteiger charge is 2.35. The van der Waals surface area contributed by atoms with Gasteiger partial charge in [-0.3, -0.25) is 0 Å². The van der Waals surface area contributed by atoms with Gasteiger partial charge in [-0.2, -0.15) is 0 Å². The summed E-state index contributed by atoms with van der Waals surface area (Å²) in [7, 11) is 0. The van der Waals surface area contributed by atoms with Crippen molar-refractivity contribution in [2.24, 2.45) is 0 Å². The Morgan fingerprint density at radius 1 is 0.426 bits per heavy atom. The summed E-state index contributed by atoms with van der Waals surface area (Å²) >= 11 is 0. The Hall–Kier alpha value is -5.86. The molecule has 1 aromatic heterocycles. The van der Waals surface area contributed by atoms with Crippen LogP contribution in [0.3, 0.4) is 0 Å². The maximum absolute atomic E-state index is 2.38. The molecule has 2 heteroatoms. The van der Waals surface area contributed by atoms with E-state index in [-0.39, 0.29) is 5.41 Å². The minimum Gasteiger partial charge on any atom is -0.310 e. The molecule has 0 unspecified atom stereocenters. The molecule has 1 aliphatic carbocycles. The first kappa shape index (κ1) is 27.5. The maximum Gasteiger partial charge on any atom is 0.0547 e. The Labute approximate surface area is 275 Å². The lowest BCUT2D eigenvalue weighted by Crippen LogP contribution is -2.15. The molecule has 0 amide bonds. The van der Waals surface area contributed by atoms with Crippen LogP contribution >= 0.6 is 0 Å². The highest BCUT2D eigenvalue weighted by molar-refractivity contribution is 6.10. The summed E-state index contributed by atoms with van der Waals surface area (Å²) < 4.78 is 2.38. The molecule has 0 aliphatic heterocycles. The highest BCUT2D eigenvalue weighted by Crippen LogP contribution is 2.50. The molecule has 1 heterocycles. The largest absolute Gasteiger partial charge is 0.310 e. The van der Waals surface area contributed by atoms with Gasteiger partial charge in [0.2, 0.25) is 0 Å². The van der Waals surface area contributed by atoms with Crippen LogP contribution in [0.15, 0.2) is 170 Å². The van der Waals surface area contributed by atoms with E-state index in [1.807, 2.05) is 0 Å². The number of aromatic nitrogens is 1. The summed E-state index contributed by atoms with van der Waals surface area (Å²) in [5, 5.41) is 2.54. The molecule has 0 radical (unpaired) electrons.